The van der Waals surface area contributed by atoms with Crippen molar-refractivity contribution in [1.82, 2.24) is 0 Å². The lowest BCUT2D eigenvalue weighted by Crippen LogP contribution is -2.49. The van der Waals surface area contributed by atoms with E-state index < -0.39 is 11.7 Å². The van der Waals surface area contributed by atoms with Crippen molar-refractivity contribution in [2.24, 2.45) is 11.8 Å². The minimum atomic E-state index is -1.09. The number of rotatable bonds is 1. The molecule has 1 saturated carbocycles. The van der Waals surface area contributed by atoms with Crippen LogP contribution < -0.4 is 0 Å². The molecule has 0 radical (unpaired) electrons. The normalized spacial score (nSPS) is 48.0. The largest absolute Gasteiger partial charge is 0.488 e. The van der Waals surface area contributed by atoms with Gasteiger partial charge in [-0.05, 0) is 39.0 Å². The molecular weight excluding hydrogens is 268 g/mol. The highest BCUT2D eigenvalue weighted by Crippen LogP contribution is 2.56. The van der Waals surface area contributed by atoms with Gasteiger partial charge in [-0.1, -0.05) is 12.2 Å². The predicted molar refractivity (Wildman–Crippen MR) is 76.5 cm³/mol. The number of allylic oxidation sites excluding steroid dienone is 1. The Kier molecular flexibility index (Phi) is 2.57. The second-order valence-corrected chi connectivity index (χ2v) is 7.42. The van der Waals surface area contributed by atoms with Crippen LogP contribution in [0.4, 0.5) is 0 Å². The second kappa shape index (κ2) is 3.99. The van der Waals surface area contributed by atoms with E-state index in [1.165, 1.54) is 0 Å². The predicted octanol–water partition coefficient (Wildman–Crippen LogP) is 2.12. The fourth-order valence-electron chi connectivity index (χ4n) is 4.71. The summed E-state index contributed by atoms with van der Waals surface area (Å²) in [5.41, 5.74) is 0.441. The lowest BCUT2D eigenvalue weighted by Gasteiger charge is -2.45. The monoisotopic (exact) mass is 290 g/mol. The summed E-state index contributed by atoms with van der Waals surface area (Å²) in [6.45, 7) is 8.45. The third-order valence-electron chi connectivity index (χ3n) is 5.95. The SMILES string of the molecule is C=C(C)[C@H]1CC[C@]2(C)OC3=C(C[C@H]12)C(=O)[C@H]1C[C@]3(O)CO1. The van der Waals surface area contributed by atoms with Gasteiger partial charge in [0.25, 0.3) is 0 Å². The molecule has 0 aromatic carbocycles. The Labute approximate surface area is 124 Å². The van der Waals surface area contributed by atoms with Gasteiger partial charge in [0.1, 0.15) is 23.1 Å². The highest BCUT2D eigenvalue weighted by molar-refractivity contribution is 6.01. The molecule has 5 atom stereocenters. The topological polar surface area (TPSA) is 55.8 Å². The number of fused-ring (bicyclic) bond motifs is 4. The van der Waals surface area contributed by atoms with E-state index >= 15 is 0 Å². The quantitative estimate of drug-likeness (QED) is 0.752. The van der Waals surface area contributed by atoms with Crippen molar-refractivity contribution in [2.45, 2.75) is 56.8 Å². The summed E-state index contributed by atoms with van der Waals surface area (Å²) in [5, 5.41) is 10.8. The van der Waals surface area contributed by atoms with Crippen molar-refractivity contribution in [1.29, 1.82) is 0 Å². The van der Waals surface area contributed by atoms with Crippen LogP contribution in [0.2, 0.25) is 0 Å². The van der Waals surface area contributed by atoms with Gasteiger partial charge in [-0.25, -0.2) is 0 Å². The van der Waals surface area contributed by atoms with E-state index in [-0.39, 0.29) is 23.9 Å². The lowest BCUT2D eigenvalue weighted by molar-refractivity contribution is -0.128. The van der Waals surface area contributed by atoms with Gasteiger partial charge in [0.15, 0.2) is 5.78 Å². The molecule has 114 valence electrons. The van der Waals surface area contributed by atoms with E-state index in [1.54, 1.807) is 0 Å². The summed E-state index contributed by atoms with van der Waals surface area (Å²) in [7, 11) is 0. The molecule has 0 spiro atoms. The molecule has 1 saturated heterocycles. The van der Waals surface area contributed by atoms with Crippen LogP contribution in [0.5, 0.6) is 0 Å². The minimum Gasteiger partial charge on any atom is -0.488 e. The van der Waals surface area contributed by atoms with Crippen LogP contribution in [0.1, 0.15) is 39.5 Å². The van der Waals surface area contributed by atoms with E-state index in [1.807, 2.05) is 0 Å². The highest BCUT2D eigenvalue weighted by Gasteiger charge is 2.59. The van der Waals surface area contributed by atoms with Crippen molar-refractivity contribution in [2.75, 3.05) is 6.61 Å². The average molecular weight is 290 g/mol. The third kappa shape index (κ3) is 1.66. The van der Waals surface area contributed by atoms with Crippen molar-refractivity contribution in [3.63, 3.8) is 0 Å². The Morgan fingerprint density at radius 2 is 2.24 bits per heavy atom. The Morgan fingerprint density at radius 3 is 2.95 bits per heavy atom. The Bertz CT molecular complexity index is 577. The standard InChI is InChI=1S/C17H22O4/c1-9(2)10-4-5-16(3)12(10)6-11-14(18)13-7-17(19,8-20-13)15(11)21-16/h10,12-13,19H,1,4-8H2,2-3H3/t10-,12-,13-,16+,17+/m1/s1. The van der Waals surface area contributed by atoms with E-state index in [0.29, 0.717) is 30.1 Å². The highest BCUT2D eigenvalue weighted by atomic mass is 16.6. The number of ketones is 1. The average Bonchev–Trinajstić information content (AvgIpc) is 2.95. The first-order chi connectivity index (χ1) is 9.84. The van der Waals surface area contributed by atoms with Gasteiger partial charge in [-0.2, -0.15) is 0 Å². The fourth-order valence-corrected chi connectivity index (χ4v) is 4.71. The molecule has 2 aliphatic carbocycles. The molecule has 4 heteroatoms. The van der Waals surface area contributed by atoms with Crippen LogP contribution >= 0.6 is 0 Å². The maximum absolute atomic E-state index is 12.5. The van der Waals surface area contributed by atoms with Gasteiger partial charge in [0.05, 0.1) is 6.61 Å². The van der Waals surface area contributed by atoms with E-state index in [4.69, 9.17) is 9.47 Å². The molecule has 1 N–H and O–H groups in total. The van der Waals surface area contributed by atoms with Crippen LogP contribution in [-0.4, -0.2) is 34.8 Å². The summed E-state index contributed by atoms with van der Waals surface area (Å²) in [5.74, 6) is 1.19. The van der Waals surface area contributed by atoms with Gasteiger partial charge in [0, 0.05) is 17.9 Å². The number of hydrogen-bond acceptors (Lipinski definition) is 4. The molecule has 2 fully saturated rings. The lowest BCUT2D eigenvalue weighted by atomic mass is 9.72. The van der Waals surface area contributed by atoms with Crippen LogP contribution in [0, 0.1) is 11.8 Å². The van der Waals surface area contributed by atoms with Crippen molar-refractivity contribution in [3.8, 4) is 0 Å². The number of carbonyl (C=O) groups excluding carboxylic acids is 1. The molecule has 4 aliphatic rings. The second-order valence-electron chi connectivity index (χ2n) is 7.42. The molecule has 21 heavy (non-hydrogen) atoms. The van der Waals surface area contributed by atoms with Gasteiger partial charge in [0.2, 0.25) is 0 Å². The number of Topliss-reactive ketones (excluding diaryl/α,β-unsaturated/α-hetero) is 1. The zero-order valence-corrected chi connectivity index (χ0v) is 12.6. The van der Waals surface area contributed by atoms with Gasteiger partial charge in [-0.15, -0.1) is 0 Å². The Balaban J connectivity index is 1.78. The summed E-state index contributed by atoms with van der Waals surface area (Å²) >= 11 is 0. The maximum Gasteiger partial charge on any atom is 0.191 e. The molecule has 0 aromatic rings. The molecule has 0 unspecified atom stereocenters. The van der Waals surface area contributed by atoms with E-state index in [2.05, 4.69) is 20.4 Å². The number of ether oxygens (including phenoxy) is 2. The fraction of sp³-hybridized carbons (Fsp3) is 0.706. The number of aliphatic hydroxyl groups is 1. The summed E-state index contributed by atoms with van der Waals surface area (Å²) in [6, 6.07) is 0. The van der Waals surface area contributed by atoms with Gasteiger partial charge >= 0.3 is 0 Å². The van der Waals surface area contributed by atoms with Crippen LogP contribution in [0.15, 0.2) is 23.5 Å². The molecule has 2 bridgehead atoms. The van der Waals surface area contributed by atoms with Crippen LogP contribution in [-0.2, 0) is 14.3 Å². The first-order valence-electron chi connectivity index (χ1n) is 7.80. The molecule has 4 nitrogen and oxygen atoms in total. The van der Waals surface area contributed by atoms with E-state index in [9.17, 15) is 9.90 Å². The molecule has 4 rings (SSSR count). The zero-order chi connectivity index (χ0) is 15.0. The van der Waals surface area contributed by atoms with Gasteiger partial charge in [-0.3, -0.25) is 4.79 Å². The smallest absolute Gasteiger partial charge is 0.191 e. The third-order valence-corrected chi connectivity index (χ3v) is 5.95. The number of hydrogen-bond donors (Lipinski definition) is 1. The molecule has 0 aromatic heterocycles. The molecule has 2 aliphatic heterocycles. The summed E-state index contributed by atoms with van der Waals surface area (Å²) in [6.07, 6.45) is 2.54. The van der Waals surface area contributed by atoms with E-state index in [0.717, 1.165) is 18.4 Å². The Morgan fingerprint density at radius 1 is 1.48 bits per heavy atom. The minimum absolute atomic E-state index is 0.0154. The van der Waals surface area contributed by atoms with Crippen molar-refractivity contribution in [3.05, 3.63) is 23.5 Å². The molecule has 2 heterocycles. The van der Waals surface area contributed by atoms with Crippen molar-refractivity contribution >= 4 is 5.78 Å². The van der Waals surface area contributed by atoms with Crippen LogP contribution in [0.3, 0.4) is 0 Å². The summed E-state index contributed by atoms with van der Waals surface area (Å²) < 4.78 is 11.7. The molecule has 0 amide bonds. The first-order valence-corrected chi connectivity index (χ1v) is 7.80. The van der Waals surface area contributed by atoms with Crippen molar-refractivity contribution < 1.29 is 19.4 Å². The van der Waals surface area contributed by atoms with Crippen LogP contribution in [0.25, 0.3) is 0 Å². The van der Waals surface area contributed by atoms with Gasteiger partial charge < -0.3 is 14.6 Å². The molecular formula is C17H22O4. The maximum atomic E-state index is 12.5. The summed E-state index contributed by atoms with van der Waals surface area (Å²) in [4.78, 5) is 12.5. The zero-order valence-electron chi connectivity index (χ0n) is 12.6. The first kappa shape index (κ1) is 13.5. The number of carbonyl (C=O) groups is 1. The Hall–Kier alpha value is -1.13.